The molecule has 0 fully saturated rings. The molecular weight excluding hydrogens is 332 g/mol. The first-order chi connectivity index (χ1) is 12.6. The van der Waals surface area contributed by atoms with E-state index in [2.05, 4.69) is 20.5 Å². The van der Waals surface area contributed by atoms with Gasteiger partial charge in [-0.15, -0.1) is 0 Å². The Balaban J connectivity index is 2.13. The Morgan fingerprint density at radius 2 is 1.85 bits per heavy atom. The number of amides is 1. The fourth-order valence-electron chi connectivity index (χ4n) is 2.96. The van der Waals surface area contributed by atoms with Crippen LogP contribution in [0.25, 0.3) is 0 Å². The van der Waals surface area contributed by atoms with Crippen LogP contribution in [-0.4, -0.2) is 57.2 Å². The second-order valence-corrected chi connectivity index (χ2v) is 6.17. The quantitative estimate of drug-likeness (QED) is 0.569. The second kappa shape index (κ2) is 9.89. The topological polar surface area (TPSA) is 75.2 Å². The van der Waals surface area contributed by atoms with E-state index in [4.69, 9.17) is 9.47 Å². The SMILES string of the molecule is CCCNC(=O)CN=C(NCC)N1CCc2cc(OC)c(OC)cc2C1. The van der Waals surface area contributed by atoms with Gasteiger partial charge in [0.05, 0.1) is 14.2 Å². The number of hydrogen-bond donors (Lipinski definition) is 2. The number of methoxy groups -OCH3 is 2. The summed E-state index contributed by atoms with van der Waals surface area (Å²) in [7, 11) is 3.30. The molecule has 0 aliphatic carbocycles. The molecule has 0 spiro atoms. The van der Waals surface area contributed by atoms with Gasteiger partial charge in [-0.3, -0.25) is 4.79 Å². The van der Waals surface area contributed by atoms with Gasteiger partial charge in [0.2, 0.25) is 5.91 Å². The van der Waals surface area contributed by atoms with Crippen LogP contribution in [0, 0.1) is 0 Å². The predicted octanol–water partition coefficient (Wildman–Crippen LogP) is 1.55. The molecular formula is C19H30N4O3. The summed E-state index contributed by atoms with van der Waals surface area (Å²) in [6.07, 6.45) is 1.81. The maximum Gasteiger partial charge on any atom is 0.241 e. The van der Waals surface area contributed by atoms with Crippen molar-refractivity contribution in [1.29, 1.82) is 0 Å². The first kappa shape index (κ1) is 19.9. The number of ether oxygens (including phenoxy) is 2. The minimum atomic E-state index is -0.0499. The van der Waals surface area contributed by atoms with E-state index in [1.54, 1.807) is 14.2 Å². The van der Waals surface area contributed by atoms with Crippen LogP contribution in [0.2, 0.25) is 0 Å². The zero-order valence-corrected chi connectivity index (χ0v) is 16.2. The maximum atomic E-state index is 11.9. The van der Waals surface area contributed by atoms with Crippen LogP contribution in [0.1, 0.15) is 31.4 Å². The maximum absolute atomic E-state index is 11.9. The lowest BCUT2D eigenvalue weighted by molar-refractivity contribution is -0.119. The molecule has 7 nitrogen and oxygen atoms in total. The van der Waals surface area contributed by atoms with Gasteiger partial charge >= 0.3 is 0 Å². The summed E-state index contributed by atoms with van der Waals surface area (Å²) in [5.41, 5.74) is 2.45. The summed E-state index contributed by atoms with van der Waals surface area (Å²) < 4.78 is 10.8. The van der Waals surface area contributed by atoms with Gasteiger partial charge < -0.3 is 25.0 Å². The third-order valence-electron chi connectivity index (χ3n) is 4.30. The lowest BCUT2D eigenvalue weighted by atomic mass is 9.99. The molecule has 1 amide bonds. The van der Waals surface area contributed by atoms with Crippen LogP contribution in [0.5, 0.6) is 11.5 Å². The first-order valence-corrected chi connectivity index (χ1v) is 9.16. The first-order valence-electron chi connectivity index (χ1n) is 9.16. The lowest BCUT2D eigenvalue weighted by Crippen LogP contribution is -2.44. The number of carbonyl (C=O) groups excluding carboxylic acids is 1. The highest BCUT2D eigenvalue weighted by atomic mass is 16.5. The van der Waals surface area contributed by atoms with Gasteiger partial charge in [-0.25, -0.2) is 4.99 Å². The molecule has 0 saturated heterocycles. The van der Waals surface area contributed by atoms with E-state index in [1.807, 2.05) is 26.0 Å². The van der Waals surface area contributed by atoms with Crippen molar-refractivity contribution in [3.05, 3.63) is 23.3 Å². The van der Waals surface area contributed by atoms with Crippen LogP contribution in [0.3, 0.4) is 0 Å². The molecule has 1 aromatic carbocycles. The third-order valence-corrected chi connectivity index (χ3v) is 4.30. The lowest BCUT2D eigenvalue weighted by Gasteiger charge is -2.32. The number of nitrogens with one attached hydrogen (secondary N) is 2. The van der Waals surface area contributed by atoms with Crippen LogP contribution in [0.4, 0.5) is 0 Å². The Morgan fingerprint density at radius 1 is 1.15 bits per heavy atom. The molecule has 1 heterocycles. The normalized spacial score (nSPS) is 13.8. The van der Waals surface area contributed by atoms with Crippen LogP contribution < -0.4 is 20.1 Å². The van der Waals surface area contributed by atoms with E-state index < -0.39 is 0 Å². The minimum Gasteiger partial charge on any atom is -0.493 e. The van der Waals surface area contributed by atoms with Crippen molar-refractivity contribution in [1.82, 2.24) is 15.5 Å². The van der Waals surface area contributed by atoms with Gasteiger partial charge in [-0.05, 0) is 43.0 Å². The summed E-state index contributed by atoms with van der Waals surface area (Å²) in [4.78, 5) is 18.5. The number of fused-ring (bicyclic) bond motifs is 1. The fourth-order valence-corrected chi connectivity index (χ4v) is 2.96. The van der Waals surface area contributed by atoms with Gasteiger partial charge in [0, 0.05) is 26.2 Å². The molecule has 1 aliphatic rings. The van der Waals surface area contributed by atoms with Gasteiger partial charge in [0.25, 0.3) is 0 Å². The number of guanidine groups is 1. The summed E-state index contributed by atoms with van der Waals surface area (Å²) in [5.74, 6) is 2.20. The average Bonchev–Trinajstić information content (AvgIpc) is 2.67. The molecule has 7 heteroatoms. The Bertz CT molecular complexity index is 646. The monoisotopic (exact) mass is 362 g/mol. The van der Waals surface area contributed by atoms with Crippen molar-refractivity contribution < 1.29 is 14.3 Å². The summed E-state index contributed by atoms with van der Waals surface area (Å²) in [5, 5.41) is 6.14. The number of hydrogen-bond acceptors (Lipinski definition) is 4. The van der Waals surface area contributed by atoms with E-state index in [9.17, 15) is 4.79 Å². The summed E-state index contributed by atoms with van der Waals surface area (Å²) >= 11 is 0. The third kappa shape index (κ3) is 5.03. The molecule has 2 rings (SSSR count). The van der Waals surface area contributed by atoms with Gasteiger partial charge in [-0.1, -0.05) is 6.92 Å². The molecule has 0 atom stereocenters. The molecule has 0 bridgehead atoms. The van der Waals surface area contributed by atoms with Crippen molar-refractivity contribution in [2.75, 3.05) is 40.4 Å². The summed E-state index contributed by atoms with van der Waals surface area (Å²) in [6.45, 7) is 7.19. The van der Waals surface area contributed by atoms with Crippen LogP contribution in [-0.2, 0) is 17.8 Å². The predicted molar refractivity (Wildman–Crippen MR) is 103 cm³/mol. The number of carbonyl (C=O) groups is 1. The number of benzene rings is 1. The molecule has 1 aliphatic heterocycles. The van der Waals surface area contributed by atoms with Crippen LogP contribution >= 0.6 is 0 Å². The molecule has 0 saturated carbocycles. The summed E-state index contributed by atoms with van der Waals surface area (Å²) in [6, 6.07) is 4.08. The number of rotatable bonds is 7. The van der Waals surface area contributed by atoms with Crippen molar-refractivity contribution in [2.45, 2.75) is 33.2 Å². The molecule has 2 N–H and O–H groups in total. The van der Waals surface area contributed by atoms with Crippen molar-refractivity contribution in [2.24, 2.45) is 4.99 Å². The van der Waals surface area contributed by atoms with Gasteiger partial charge in [0.15, 0.2) is 17.5 Å². The smallest absolute Gasteiger partial charge is 0.241 e. The molecule has 144 valence electrons. The number of nitrogens with zero attached hydrogens (tertiary/aromatic N) is 2. The Kier molecular flexibility index (Phi) is 7.56. The highest BCUT2D eigenvalue weighted by Gasteiger charge is 2.21. The zero-order valence-electron chi connectivity index (χ0n) is 16.2. The van der Waals surface area contributed by atoms with Gasteiger partial charge in [0.1, 0.15) is 6.54 Å². The fraction of sp³-hybridized carbons (Fsp3) is 0.579. The second-order valence-electron chi connectivity index (χ2n) is 6.17. The molecule has 1 aromatic rings. The van der Waals surface area contributed by atoms with Crippen molar-refractivity contribution in [3.63, 3.8) is 0 Å². The molecule has 0 radical (unpaired) electrons. The highest BCUT2D eigenvalue weighted by molar-refractivity contribution is 5.85. The van der Waals surface area contributed by atoms with E-state index in [-0.39, 0.29) is 12.5 Å². The minimum absolute atomic E-state index is 0.0499. The van der Waals surface area contributed by atoms with E-state index in [0.717, 1.165) is 49.9 Å². The Hall–Kier alpha value is -2.44. The molecule has 0 aromatic heterocycles. The largest absolute Gasteiger partial charge is 0.493 e. The highest BCUT2D eigenvalue weighted by Crippen LogP contribution is 2.33. The van der Waals surface area contributed by atoms with Crippen molar-refractivity contribution >= 4 is 11.9 Å². The zero-order chi connectivity index (χ0) is 18.9. The van der Waals surface area contributed by atoms with Crippen LogP contribution in [0.15, 0.2) is 17.1 Å². The molecule has 26 heavy (non-hydrogen) atoms. The molecule has 0 unspecified atom stereocenters. The standard InChI is InChI=1S/C19H30N4O3/c1-5-8-21-18(24)12-22-19(20-6-2)23-9-7-14-10-16(25-3)17(26-4)11-15(14)13-23/h10-11H,5-9,12-13H2,1-4H3,(H,20,22)(H,21,24). The Morgan fingerprint density at radius 3 is 2.46 bits per heavy atom. The van der Waals surface area contributed by atoms with E-state index in [1.165, 1.54) is 11.1 Å². The number of aliphatic imine (C=N–C) groups is 1. The van der Waals surface area contributed by atoms with Gasteiger partial charge in [-0.2, -0.15) is 0 Å². The van der Waals surface area contributed by atoms with E-state index in [0.29, 0.717) is 6.54 Å². The van der Waals surface area contributed by atoms with E-state index >= 15 is 0 Å². The Labute approximate surface area is 155 Å². The average molecular weight is 362 g/mol. The van der Waals surface area contributed by atoms with Crippen molar-refractivity contribution in [3.8, 4) is 11.5 Å².